The Hall–Kier alpha value is -0.930. The number of rotatable bonds is 7. The van der Waals surface area contributed by atoms with Gasteiger partial charge in [0.2, 0.25) is 5.09 Å². The van der Waals surface area contributed by atoms with Gasteiger partial charge in [-0.15, -0.1) is 0 Å². The van der Waals surface area contributed by atoms with Crippen LogP contribution in [0.15, 0.2) is 21.6 Å². The van der Waals surface area contributed by atoms with Crippen molar-refractivity contribution in [3.8, 4) is 0 Å². The molecule has 17 heavy (non-hydrogen) atoms. The number of aliphatic hydroxyl groups is 2. The first kappa shape index (κ1) is 14.1. The van der Waals surface area contributed by atoms with Gasteiger partial charge in [-0.2, -0.15) is 0 Å². The van der Waals surface area contributed by atoms with E-state index < -0.39 is 16.1 Å². The van der Waals surface area contributed by atoms with E-state index in [1.165, 1.54) is 19.2 Å². The van der Waals surface area contributed by atoms with E-state index in [1.807, 2.05) is 0 Å². The van der Waals surface area contributed by atoms with Crippen molar-refractivity contribution in [3.05, 3.63) is 17.9 Å². The summed E-state index contributed by atoms with van der Waals surface area (Å²) in [5, 5.41) is 20.3. The highest BCUT2D eigenvalue weighted by molar-refractivity contribution is 7.89. The average Bonchev–Trinajstić information content (AvgIpc) is 2.78. The molecule has 1 unspecified atom stereocenters. The Kier molecular flexibility index (Phi) is 5.09. The highest BCUT2D eigenvalue weighted by Crippen LogP contribution is 2.12. The summed E-state index contributed by atoms with van der Waals surface area (Å²) < 4.78 is 29.9. The zero-order chi connectivity index (χ0) is 12.9. The SMILES string of the molecule is CNS(=O)(=O)c1ccc(CNCC(O)CO)o1. The predicted octanol–water partition coefficient (Wildman–Crippen LogP) is -1.37. The van der Waals surface area contributed by atoms with Gasteiger partial charge in [0.05, 0.1) is 19.3 Å². The molecule has 1 aromatic rings. The standard InChI is InChI=1S/C9H16N2O5S/c1-10-17(14,15)9-3-2-8(16-9)5-11-4-7(13)6-12/h2-3,7,10-13H,4-6H2,1H3. The molecule has 8 heteroatoms. The molecule has 0 aliphatic rings. The Labute approximate surface area is 99.5 Å². The highest BCUT2D eigenvalue weighted by atomic mass is 32.2. The number of hydrogen-bond donors (Lipinski definition) is 4. The van der Waals surface area contributed by atoms with Crippen molar-refractivity contribution < 1.29 is 23.0 Å². The van der Waals surface area contributed by atoms with Gasteiger partial charge in [-0.05, 0) is 19.2 Å². The maximum Gasteiger partial charge on any atom is 0.273 e. The van der Waals surface area contributed by atoms with Gasteiger partial charge in [0, 0.05) is 6.54 Å². The molecular formula is C9H16N2O5S. The number of hydrogen-bond acceptors (Lipinski definition) is 6. The molecule has 0 aliphatic heterocycles. The van der Waals surface area contributed by atoms with E-state index in [2.05, 4.69) is 10.0 Å². The monoisotopic (exact) mass is 264 g/mol. The fourth-order valence-corrected chi connectivity index (χ4v) is 1.79. The lowest BCUT2D eigenvalue weighted by atomic mass is 10.3. The van der Waals surface area contributed by atoms with Crippen molar-refractivity contribution in [2.75, 3.05) is 20.2 Å². The molecule has 0 saturated heterocycles. The second kappa shape index (κ2) is 6.12. The zero-order valence-corrected chi connectivity index (χ0v) is 10.2. The van der Waals surface area contributed by atoms with Gasteiger partial charge in [0.1, 0.15) is 5.76 Å². The van der Waals surface area contributed by atoms with Crippen LogP contribution in [0, 0.1) is 0 Å². The van der Waals surface area contributed by atoms with Crippen LogP contribution in [0.1, 0.15) is 5.76 Å². The van der Waals surface area contributed by atoms with Crippen LogP contribution in [0.4, 0.5) is 0 Å². The van der Waals surface area contributed by atoms with Crippen LogP contribution in [-0.2, 0) is 16.6 Å². The van der Waals surface area contributed by atoms with Crippen LogP contribution in [0.2, 0.25) is 0 Å². The molecule has 0 spiro atoms. The summed E-state index contributed by atoms with van der Waals surface area (Å²) in [5.74, 6) is 0.434. The summed E-state index contributed by atoms with van der Waals surface area (Å²) >= 11 is 0. The summed E-state index contributed by atoms with van der Waals surface area (Å²) in [5.41, 5.74) is 0. The highest BCUT2D eigenvalue weighted by Gasteiger charge is 2.16. The number of sulfonamides is 1. The topological polar surface area (TPSA) is 112 Å². The van der Waals surface area contributed by atoms with Crippen molar-refractivity contribution in [2.45, 2.75) is 17.7 Å². The van der Waals surface area contributed by atoms with E-state index in [0.29, 0.717) is 5.76 Å². The average molecular weight is 264 g/mol. The first-order valence-electron chi connectivity index (χ1n) is 5.01. The Bertz CT molecular complexity index is 442. The molecule has 1 atom stereocenters. The van der Waals surface area contributed by atoms with Crippen molar-refractivity contribution >= 4 is 10.0 Å². The molecule has 1 rings (SSSR count). The minimum atomic E-state index is -3.56. The van der Waals surface area contributed by atoms with Crippen LogP contribution in [0.3, 0.4) is 0 Å². The molecule has 0 bridgehead atoms. The normalized spacial score (nSPS) is 13.8. The maximum absolute atomic E-state index is 11.3. The minimum absolute atomic E-state index is 0.153. The smallest absolute Gasteiger partial charge is 0.273 e. The molecule has 0 aliphatic carbocycles. The molecular weight excluding hydrogens is 248 g/mol. The number of aliphatic hydroxyl groups excluding tert-OH is 2. The van der Waals surface area contributed by atoms with E-state index in [1.54, 1.807) is 0 Å². The molecule has 1 heterocycles. The molecule has 98 valence electrons. The Morgan fingerprint density at radius 3 is 2.76 bits per heavy atom. The van der Waals surface area contributed by atoms with E-state index >= 15 is 0 Å². The third-order valence-electron chi connectivity index (χ3n) is 2.06. The number of nitrogens with one attached hydrogen (secondary N) is 2. The largest absolute Gasteiger partial charge is 0.447 e. The zero-order valence-electron chi connectivity index (χ0n) is 9.38. The van der Waals surface area contributed by atoms with Crippen LogP contribution in [-0.4, -0.2) is 44.9 Å². The van der Waals surface area contributed by atoms with E-state index in [9.17, 15) is 8.42 Å². The van der Waals surface area contributed by atoms with Gasteiger partial charge in [0.25, 0.3) is 10.0 Å². The van der Waals surface area contributed by atoms with Crippen LogP contribution in [0.25, 0.3) is 0 Å². The van der Waals surface area contributed by atoms with Crippen LogP contribution < -0.4 is 10.0 Å². The second-order valence-corrected chi connectivity index (χ2v) is 5.21. The lowest BCUT2D eigenvalue weighted by molar-refractivity contribution is 0.0937. The van der Waals surface area contributed by atoms with Crippen molar-refractivity contribution in [1.29, 1.82) is 0 Å². The molecule has 0 radical (unpaired) electrons. The summed E-state index contributed by atoms with van der Waals surface area (Å²) in [7, 11) is -2.26. The van der Waals surface area contributed by atoms with Gasteiger partial charge in [-0.25, -0.2) is 13.1 Å². The molecule has 0 saturated carbocycles. The lowest BCUT2D eigenvalue weighted by Crippen LogP contribution is -2.28. The van der Waals surface area contributed by atoms with Gasteiger partial charge in [-0.3, -0.25) is 0 Å². The molecule has 1 aromatic heterocycles. The quantitative estimate of drug-likeness (QED) is 0.483. The fourth-order valence-electron chi connectivity index (χ4n) is 1.12. The number of furan rings is 1. The molecule has 4 N–H and O–H groups in total. The van der Waals surface area contributed by atoms with Crippen LogP contribution >= 0.6 is 0 Å². The molecule has 7 nitrogen and oxygen atoms in total. The molecule has 0 fully saturated rings. The van der Waals surface area contributed by atoms with Gasteiger partial charge in [-0.1, -0.05) is 0 Å². The molecule has 0 aromatic carbocycles. The van der Waals surface area contributed by atoms with Crippen molar-refractivity contribution in [2.24, 2.45) is 0 Å². The first-order valence-corrected chi connectivity index (χ1v) is 6.50. The fraction of sp³-hybridized carbons (Fsp3) is 0.556. The van der Waals surface area contributed by atoms with Crippen molar-refractivity contribution in [1.82, 2.24) is 10.0 Å². The van der Waals surface area contributed by atoms with E-state index in [4.69, 9.17) is 14.6 Å². The molecule has 0 amide bonds. The second-order valence-electron chi connectivity index (χ2n) is 3.40. The first-order chi connectivity index (χ1) is 7.99. The van der Waals surface area contributed by atoms with Gasteiger partial charge in [0.15, 0.2) is 0 Å². The van der Waals surface area contributed by atoms with Crippen LogP contribution in [0.5, 0.6) is 0 Å². The summed E-state index contributed by atoms with van der Waals surface area (Å²) in [4.78, 5) is 0. The van der Waals surface area contributed by atoms with Gasteiger partial charge < -0.3 is 19.9 Å². The maximum atomic E-state index is 11.3. The van der Waals surface area contributed by atoms with E-state index in [0.717, 1.165) is 0 Å². The summed E-state index contributed by atoms with van der Waals surface area (Å²) in [6.45, 7) is 0.145. The predicted molar refractivity (Wildman–Crippen MR) is 59.8 cm³/mol. The third kappa shape index (κ3) is 4.10. The Morgan fingerprint density at radius 1 is 1.47 bits per heavy atom. The van der Waals surface area contributed by atoms with Crippen molar-refractivity contribution in [3.63, 3.8) is 0 Å². The summed E-state index contributed by atoms with van der Waals surface area (Å²) in [6, 6.07) is 2.88. The van der Waals surface area contributed by atoms with Gasteiger partial charge >= 0.3 is 0 Å². The Morgan fingerprint density at radius 2 is 2.18 bits per heavy atom. The summed E-state index contributed by atoms with van der Waals surface area (Å²) in [6.07, 6.45) is -0.842. The van der Waals surface area contributed by atoms with E-state index in [-0.39, 0.29) is 24.8 Å². The third-order valence-corrected chi connectivity index (χ3v) is 3.35. The lowest BCUT2D eigenvalue weighted by Gasteiger charge is -2.07. The Balaban J connectivity index is 2.52. The minimum Gasteiger partial charge on any atom is -0.447 e.